The van der Waals surface area contributed by atoms with E-state index in [0.29, 0.717) is 30.0 Å². The minimum atomic E-state index is -3.70. The predicted molar refractivity (Wildman–Crippen MR) is 127 cm³/mol. The number of sulfonamides is 1. The van der Waals surface area contributed by atoms with Crippen molar-refractivity contribution in [2.45, 2.75) is 37.5 Å². The van der Waals surface area contributed by atoms with Crippen LogP contribution in [0.5, 0.6) is 5.75 Å². The van der Waals surface area contributed by atoms with Crippen molar-refractivity contribution in [2.24, 2.45) is 0 Å². The Balaban J connectivity index is 1.60. The van der Waals surface area contributed by atoms with E-state index in [9.17, 15) is 13.2 Å². The van der Waals surface area contributed by atoms with Crippen molar-refractivity contribution < 1.29 is 17.9 Å². The third-order valence-corrected chi connectivity index (χ3v) is 7.73. The number of aryl methyl sites for hydroxylation is 1. The molecule has 0 saturated carbocycles. The van der Waals surface area contributed by atoms with E-state index >= 15 is 0 Å². The van der Waals surface area contributed by atoms with Gasteiger partial charge in [0.2, 0.25) is 10.0 Å². The zero-order valence-corrected chi connectivity index (χ0v) is 19.6. The molecule has 1 saturated heterocycles. The highest BCUT2D eigenvalue weighted by atomic mass is 32.2. The Labute approximate surface area is 194 Å². The molecular formula is C24H28N4O4S. The fourth-order valence-corrected chi connectivity index (χ4v) is 5.63. The number of rotatable bonds is 7. The van der Waals surface area contributed by atoms with E-state index in [1.807, 2.05) is 24.3 Å². The lowest BCUT2D eigenvalue weighted by atomic mass is 10.1. The molecule has 1 aliphatic heterocycles. The number of hydrogen-bond acceptors (Lipinski definition) is 5. The lowest BCUT2D eigenvalue weighted by molar-refractivity contribution is 0.102. The van der Waals surface area contributed by atoms with Crippen LogP contribution in [0.2, 0.25) is 0 Å². The number of anilines is 1. The first-order chi connectivity index (χ1) is 15.9. The number of carbonyl (C=O) groups excluding carboxylic acids is 1. The monoisotopic (exact) mass is 468 g/mol. The van der Waals surface area contributed by atoms with E-state index in [4.69, 9.17) is 4.74 Å². The molecule has 2 N–H and O–H groups in total. The second kappa shape index (κ2) is 9.76. The number of aromatic amines is 1. The molecule has 1 aromatic heterocycles. The van der Waals surface area contributed by atoms with Crippen molar-refractivity contribution in [2.75, 3.05) is 25.5 Å². The lowest BCUT2D eigenvalue weighted by Gasteiger charge is -2.26. The zero-order valence-electron chi connectivity index (χ0n) is 18.8. The molecule has 0 aliphatic carbocycles. The summed E-state index contributed by atoms with van der Waals surface area (Å²) in [5.41, 5.74) is 3.16. The fourth-order valence-electron chi connectivity index (χ4n) is 3.94. The summed E-state index contributed by atoms with van der Waals surface area (Å²) in [6.07, 6.45) is 3.60. The van der Waals surface area contributed by atoms with Crippen molar-refractivity contribution in [3.05, 3.63) is 59.8 Å². The van der Waals surface area contributed by atoms with Crippen molar-refractivity contribution in [1.29, 1.82) is 0 Å². The smallest absolute Gasteiger partial charge is 0.273 e. The number of nitrogens with one attached hydrogen (secondary N) is 2. The standard InChI is InChI=1S/C24H28N4O4S/c1-3-17-8-7-9-19(14-17)25-24(29)21-16-20(26-27-21)18-10-11-22(32-2)23(15-18)33(30,31)28-12-5-4-6-13-28/h7-11,14-16H,3-6,12-13H2,1-2H3,(H,25,29)(H,26,27). The average molecular weight is 469 g/mol. The minimum Gasteiger partial charge on any atom is -0.495 e. The van der Waals surface area contributed by atoms with Crippen LogP contribution >= 0.6 is 0 Å². The summed E-state index contributed by atoms with van der Waals surface area (Å²) in [5.74, 6) is -0.0368. The Hall–Kier alpha value is -3.17. The van der Waals surface area contributed by atoms with E-state index < -0.39 is 10.0 Å². The molecule has 1 amide bonds. The van der Waals surface area contributed by atoms with Gasteiger partial charge in [-0.1, -0.05) is 25.5 Å². The first-order valence-corrected chi connectivity index (χ1v) is 12.5. The van der Waals surface area contributed by atoms with Crippen LogP contribution in [0.1, 0.15) is 42.2 Å². The fraction of sp³-hybridized carbons (Fsp3) is 0.333. The van der Waals surface area contributed by atoms with Crippen LogP contribution in [-0.2, 0) is 16.4 Å². The van der Waals surface area contributed by atoms with Gasteiger partial charge < -0.3 is 10.1 Å². The Morgan fingerprint density at radius 3 is 2.64 bits per heavy atom. The number of nitrogens with zero attached hydrogens (tertiary/aromatic N) is 2. The highest BCUT2D eigenvalue weighted by Gasteiger charge is 2.29. The molecular weight excluding hydrogens is 440 g/mol. The zero-order chi connectivity index (χ0) is 23.4. The van der Waals surface area contributed by atoms with Crippen LogP contribution in [0.3, 0.4) is 0 Å². The Morgan fingerprint density at radius 1 is 1.12 bits per heavy atom. The van der Waals surface area contributed by atoms with Crippen LogP contribution in [-0.4, -0.2) is 49.0 Å². The van der Waals surface area contributed by atoms with Gasteiger partial charge in [-0.25, -0.2) is 8.42 Å². The lowest BCUT2D eigenvalue weighted by Crippen LogP contribution is -2.35. The number of ether oxygens (including phenoxy) is 1. The van der Waals surface area contributed by atoms with Gasteiger partial charge >= 0.3 is 0 Å². The van der Waals surface area contributed by atoms with Crippen LogP contribution < -0.4 is 10.1 Å². The third kappa shape index (κ3) is 4.94. The number of carbonyl (C=O) groups is 1. The highest BCUT2D eigenvalue weighted by molar-refractivity contribution is 7.89. The topological polar surface area (TPSA) is 104 Å². The van der Waals surface area contributed by atoms with Gasteiger partial charge in [0, 0.05) is 24.3 Å². The number of piperidine rings is 1. The maximum atomic E-state index is 13.3. The molecule has 0 spiro atoms. The molecule has 3 aromatic rings. The Kier molecular flexibility index (Phi) is 6.80. The number of methoxy groups -OCH3 is 1. The summed E-state index contributed by atoms with van der Waals surface area (Å²) in [6.45, 7) is 3.06. The quantitative estimate of drug-likeness (QED) is 0.544. The largest absolute Gasteiger partial charge is 0.495 e. The van der Waals surface area contributed by atoms with E-state index in [1.54, 1.807) is 24.3 Å². The molecule has 33 heavy (non-hydrogen) atoms. The first-order valence-electron chi connectivity index (χ1n) is 11.1. The predicted octanol–water partition coefficient (Wildman–Crippen LogP) is 4.07. The van der Waals surface area contributed by atoms with Gasteiger partial charge in [-0.05, 0) is 61.2 Å². The minimum absolute atomic E-state index is 0.106. The van der Waals surface area contributed by atoms with Crippen LogP contribution in [0.15, 0.2) is 53.4 Å². The van der Waals surface area contributed by atoms with Crippen LogP contribution in [0, 0.1) is 0 Å². The van der Waals surface area contributed by atoms with E-state index in [2.05, 4.69) is 22.4 Å². The van der Waals surface area contributed by atoms with Crippen molar-refractivity contribution >= 4 is 21.6 Å². The summed E-state index contributed by atoms with van der Waals surface area (Å²) in [5, 5.41) is 9.85. The van der Waals surface area contributed by atoms with Crippen molar-refractivity contribution in [3.8, 4) is 17.0 Å². The van der Waals surface area contributed by atoms with Gasteiger partial charge in [0.25, 0.3) is 5.91 Å². The number of benzene rings is 2. The Morgan fingerprint density at radius 2 is 1.91 bits per heavy atom. The van der Waals surface area contributed by atoms with Gasteiger partial charge in [-0.3, -0.25) is 9.89 Å². The second-order valence-electron chi connectivity index (χ2n) is 8.01. The highest BCUT2D eigenvalue weighted by Crippen LogP contribution is 2.32. The van der Waals surface area contributed by atoms with Crippen molar-refractivity contribution in [3.63, 3.8) is 0 Å². The average Bonchev–Trinajstić information content (AvgIpc) is 3.35. The van der Waals surface area contributed by atoms with Gasteiger partial charge in [0.15, 0.2) is 0 Å². The van der Waals surface area contributed by atoms with E-state index in [-0.39, 0.29) is 22.2 Å². The van der Waals surface area contributed by atoms with Gasteiger partial charge in [0.05, 0.1) is 12.8 Å². The summed E-state index contributed by atoms with van der Waals surface area (Å²) in [7, 11) is -2.25. The number of amides is 1. The molecule has 9 heteroatoms. The molecule has 4 rings (SSSR count). The van der Waals surface area contributed by atoms with Gasteiger partial charge in [0.1, 0.15) is 16.3 Å². The maximum Gasteiger partial charge on any atom is 0.273 e. The van der Waals surface area contributed by atoms with Crippen LogP contribution in [0.25, 0.3) is 11.3 Å². The molecule has 8 nitrogen and oxygen atoms in total. The maximum absolute atomic E-state index is 13.3. The summed E-state index contributed by atoms with van der Waals surface area (Å²) < 4.78 is 33.4. The number of aromatic nitrogens is 2. The SMILES string of the molecule is CCc1cccc(NC(=O)c2cc(-c3ccc(OC)c(S(=O)(=O)N4CCCCC4)c3)n[nH]2)c1. The van der Waals surface area contributed by atoms with Gasteiger partial charge in [-0.2, -0.15) is 9.40 Å². The summed E-state index contributed by atoms with van der Waals surface area (Å²) in [6, 6.07) is 14.2. The first kappa shape index (κ1) is 23.0. The summed E-state index contributed by atoms with van der Waals surface area (Å²) >= 11 is 0. The van der Waals surface area contributed by atoms with Gasteiger partial charge in [-0.15, -0.1) is 0 Å². The third-order valence-electron chi connectivity index (χ3n) is 5.81. The van der Waals surface area contributed by atoms with Crippen molar-refractivity contribution in [1.82, 2.24) is 14.5 Å². The molecule has 2 aromatic carbocycles. The normalized spacial score (nSPS) is 14.7. The van der Waals surface area contributed by atoms with E-state index in [0.717, 1.165) is 31.2 Å². The molecule has 0 radical (unpaired) electrons. The molecule has 2 heterocycles. The molecule has 0 bridgehead atoms. The molecule has 1 aliphatic rings. The Bertz CT molecular complexity index is 1250. The summed E-state index contributed by atoms with van der Waals surface area (Å²) in [4.78, 5) is 12.8. The van der Waals surface area contributed by atoms with Crippen LogP contribution in [0.4, 0.5) is 5.69 Å². The molecule has 174 valence electrons. The molecule has 0 unspecified atom stereocenters. The molecule has 1 fully saturated rings. The second-order valence-corrected chi connectivity index (χ2v) is 9.91. The number of H-pyrrole nitrogens is 1. The molecule has 0 atom stereocenters. The number of hydrogen-bond donors (Lipinski definition) is 2. The van der Waals surface area contributed by atoms with E-state index in [1.165, 1.54) is 11.4 Å².